The number of carboxylic acid groups (broad SMARTS) is 1. The van der Waals surface area contributed by atoms with Crippen LogP contribution in [0.15, 0.2) is 17.5 Å². The number of amides is 1. The molecule has 0 aromatic carbocycles. The largest absolute Gasteiger partial charge is 0.481 e. The molecule has 0 radical (unpaired) electrons. The Kier molecular flexibility index (Phi) is 4.44. The van der Waals surface area contributed by atoms with E-state index in [-0.39, 0.29) is 18.9 Å². The highest BCUT2D eigenvalue weighted by Gasteiger charge is 2.42. The lowest BCUT2D eigenvalue weighted by molar-refractivity contribution is -0.147. The van der Waals surface area contributed by atoms with E-state index in [4.69, 9.17) is 11.6 Å². The van der Waals surface area contributed by atoms with Crippen molar-refractivity contribution in [1.82, 2.24) is 9.88 Å². The molecule has 23 heavy (non-hydrogen) atoms. The molecular formula is C15H15ClN2O3S2. The molecule has 1 saturated heterocycles. The molecule has 0 saturated carbocycles. The maximum absolute atomic E-state index is 12.4. The lowest BCUT2D eigenvalue weighted by Gasteiger charge is -2.19. The summed E-state index contributed by atoms with van der Waals surface area (Å²) in [6, 6.07) is 3.74. The molecule has 0 aliphatic carbocycles. The molecule has 3 rings (SSSR count). The zero-order valence-corrected chi connectivity index (χ0v) is 14.8. The van der Waals surface area contributed by atoms with Crippen LogP contribution in [0.3, 0.4) is 0 Å². The fourth-order valence-electron chi connectivity index (χ4n) is 2.55. The van der Waals surface area contributed by atoms with Gasteiger partial charge in [-0.25, -0.2) is 4.98 Å². The lowest BCUT2D eigenvalue weighted by atomic mass is 9.90. The molecule has 1 fully saturated rings. The van der Waals surface area contributed by atoms with Gasteiger partial charge in [0.05, 0.1) is 26.7 Å². The number of hydrogen-bond acceptors (Lipinski definition) is 5. The summed E-state index contributed by atoms with van der Waals surface area (Å²) in [7, 11) is 0. The van der Waals surface area contributed by atoms with E-state index in [1.165, 1.54) is 22.7 Å². The molecule has 1 atom stereocenters. The van der Waals surface area contributed by atoms with Gasteiger partial charge in [0.2, 0.25) is 5.91 Å². The van der Waals surface area contributed by atoms with E-state index in [9.17, 15) is 14.7 Å². The summed E-state index contributed by atoms with van der Waals surface area (Å²) in [4.78, 5) is 30.7. The first-order valence-electron chi connectivity index (χ1n) is 7.09. The van der Waals surface area contributed by atoms with Crippen LogP contribution in [0.2, 0.25) is 4.34 Å². The first-order valence-corrected chi connectivity index (χ1v) is 9.16. The molecule has 1 aliphatic rings. The molecule has 122 valence electrons. The van der Waals surface area contributed by atoms with Gasteiger partial charge in [0.1, 0.15) is 5.01 Å². The van der Waals surface area contributed by atoms with Crippen molar-refractivity contribution in [3.63, 3.8) is 0 Å². The number of carboxylic acids is 1. The minimum absolute atomic E-state index is 0.0731. The summed E-state index contributed by atoms with van der Waals surface area (Å²) in [6.07, 6.45) is 0.690. The van der Waals surface area contributed by atoms with Crippen LogP contribution < -0.4 is 0 Å². The molecule has 2 aromatic rings. The second-order valence-electron chi connectivity index (χ2n) is 5.86. The van der Waals surface area contributed by atoms with Gasteiger partial charge in [-0.15, -0.1) is 22.7 Å². The van der Waals surface area contributed by atoms with Gasteiger partial charge in [-0.05, 0) is 25.5 Å². The van der Waals surface area contributed by atoms with E-state index >= 15 is 0 Å². The van der Waals surface area contributed by atoms with Crippen LogP contribution in [-0.2, 0) is 16.0 Å². The average molecular weight is 371 g/mol. The Morgan fingerprint density at radius 1 is 1.48 bits per heavy atom. The standard InChI is InChI=1S/C15H15ClN2O3S2/c1-15(14(20)21)4-5-18(8-15)12(19)6-9-7-22-13(17-9)10-2-3-11(16)23-10/h2-3,7H,4-6,8H2,1H3,(H,20,21). The van der Waals surface area contributed by atoms with Crippen LogP contribution in [0.5, 0.6) is 0 Å². The highest BCUT2D eigenvalue weighted by atomic mass is 35.5. The van der Waals surface area contributed by atoms with Crippen LogP contribution in [0, 0.1) is 5.41 Å². The summed E-state index contributed by atoms with van der Waals surface area (Å²) in [5.74, 6) is -0.922. The normalized spacial score (nSPS) is 20.9. The van der Waals surface area contributed by atoms with Crippen molar-refractivity contribution in [2.45, 2.75) is 19.8 Å². The fraction of sp³-hybridized carbons (Fsp3) is 0.400. The van der Waals surface area contributed by atoms with Crippen LogP contribution in [0.25, 0.3) is 9.88 Å². The SMILES string of the molecule is CC1(C(=O)O)CCN(C(=O)Cc2csc(-c3ccc(Cl)s3)n2)C1. The van der Waals surface area contributed by atoms with Crippen molar-refractivity contribution in [1.29, 1.82) is 0 Å². The minimum atomic E-state index is -0.849. The molecule has 2 aromatic heterocycles. The van der Waals surface area contributed by atoms with Crippen molar-refractivity contribution >= 4 is 46.2 Å². The number of rotatable bonds is 4. The van der Waals surface area contributed by atoms with Gasteiger partial charge in [0.15, 0.2) is 0 Å². The zero-order chi connectivity index (χ0) is 16.6. The highest BCUT2D eigenvalue weighted by molar-refractivity contribution is 7.23. The number of hydrogen-bond donors (Lipinski definition) is 1. The molecule has 3 heterocycles. The molecule has 5 nitrogen and oxygen atoms in total. The van der Waals surface area contributed by atoms with Crippen molar-refractivity contribution in [3.8, 4) is 9.88 Å². The number of nitrogens with zero attached hydrogens (tertiary/aromatic N) is 2. The number of aromatic nitrogens is 1. The minimum Gasteiger partial charge on any atom is -0.481 e. The molecule has 0 spiro atoms. The summed E-state index contributed by atoms with van der Waals surface area (Å²) in [6.45, 7) is 2.43. The van der Waals surface area contributed by atoms with Gasteiger partial charge in [-0.3, -0.25) is 9.59 Å². The van der Waals surface area contributed by atoms with Crippen LogP contribution in [0.4, 0.5) is 0 Å². The van der Waals surface area contributed by atoms with E-state index in [2.05, 4.69) is 4.98 Å². The quantitative estimate of drug-likeness (QED) is 0.895. The Labute approximate surface area is 146 Å². The summed E-state index contributed by atoms with van der Waals surface area (Å²) in [5, 5.41) is 12.0. The first kappa shape index (κ1) is 16.4. The van der Waals surface area contributed by atoms with Gasteiger partial charge in [0.25, 0.3) is 0 Å². The monoisotopic (exact) mass is 370 g/mol. The first-order chi connectivity index (χ1) is 10.9. The number of thiophene rings is 1. The molecule has 8 heteroatoms. The van der Waals surface area contributed by atoms with E-state index < -0.39 is 11.4 Å². The van der Waals surface area contributed by atoms with Crippen molar-refractivity contribution in [3.05, 3.63) is 27.5 Å². The highest BCUT2D eigenvalue weighted by Crippen LogP contribution is 2.33. The second-order valence-corrected chi connectivity index (χ2v) is 8.43. The molecular weight excluding hydrogens is 356 g/mol. The van der Waals surface area contributed by atoms with Crippen LogP contribution in [-0.4, -0.2) is 40.0 Å². The molecule has 1 amide bonds. The third kappa shape index (κ3) is 3.41. The topological polar surface area (TPSA) is 70.5 Å². The van der Waals surface area contributed by atoms with Crippen LogP contribution in [0.1, 0.15) is 19.0 Å². The van der Waals surface area contributed by atoms with Gasteiger partial charge < -0.3 is 10.0 Å². The second kappa shape index (κ2) is 6.22. The maximum atomic E-state index is 12.4. The van der Waals surface area contributed by atoms with E-state index in [0.717, 1.165) is 9.88 Å². The van der Waals surface area contributed by atoms with Crippen molar-refractivity contribution in [2.24, 2.45) is 5.41 Å². The lowest BCUT2D eigenvalue weighted by Crippen LogP contribution is -2.35. The summed E-state index contributed by atoms with van der Waals surface area (Å²) >= 11 is 8.86. The Morgan fingerprint density at radius 3 is 2.87 bits per heavy atom. The third-order valence-electron chi connectivity index (χ3n) is 4.01. The number of halogens is 1. The smallest absolute Gasteiger partial charge is 0.311 e. The Balaban J connectivity index is 1.65. The number of aliphatic carboxylic acids is 1. The number of carbonyl (C=O) groups excluding carboxylic acids is 1. The van der Waals surface area contributed by atoms with Gasteiger partial charge in [-0.1, -0.05) is 11.6 Å². The summed E-state index contributed by atoms with van der Waals surface area (Å²) in [5.41, 5.74) is -0.125. The molecule has 1 aliphatic heterocycles. The fourth-order valence-corrected chi connectivity index (χ4v) is 4.48. The van der Waals surface area contributed by atoms with Crippen molar-refractivity contribution in [2.75, 3.05) is 13.1 Å². The molecule has 1 unspecified atom stereocenters. The molecule has 1 N–H and O–H groups in total. The van der Waals surface area contributed by atoms with E-state index in [0.29, 0.717) is 23.0 Å². The summed E-state index contributed by atoms with van der Waals surface area (Å²) < 4.78 is 0.706. The Hall–Kier alpha value is -1.44. The van der Waals surface area contributed by atoms with E-state index in [1.807, 2.05) is 17.5 Å². The number of carbonyl (C=O) groups is 2. The Morgan fingerprint density at radius 2 is 2.26 bits per heavy atom. The van der Waals surface area contributed by atoms with Gasteiger partial charge in [0, 0.05) is 18.5 Å². The predicted octanol–water partition coefficient (Wildman–Crippen LogP) is 3.39. The van der Waals surface area contributed by atoms with Gasteiger partial charge in [-0.2, -0.15) is 0 Å². The van der Waals surface area contributed by atoms with E-state index in [1.54, 1.807) is 11.8 Å². The number of likely N-dealkylation sites (tertiary alicyclic amines) is 1. The van der Waals surface area contributed by atoms with Crippen molar-refractivity contribution < 1.29 is 14.7 Å². The Bertz CT molecular complexity index is 757. The third-order valence-corrected chi connectivity index (χ3v) is 6.30. The van der Waals surface area contributed by atoms with Gasteiger partial charge >= 0.3 is 5.97 Å². The zero-order valence-electron chi connectivity index (χ0n) is 12.4. The average Bonchev–Trinajstić information content (AvgIpc) is 3.19. The number of thiazole rings is 1. The van der Waals surface area contributed by atoms with Crippen LogP contribution >= 0.6 is 34.3 Å². The molecule has 0 bridgehead atoms. The predicted molar refractivity (Wildman–Crippen MR) is 91.1 cm³/mol. The maximum Gasteiger partial charge on any atom is 0.311 e.